The van der Waals surface area contributed by atoms with Gasteiger partial charge in [0.2, 0.25) is 10.0 Å². The van der Waals surface area contributed by atoms with E-state index in [0.717, 1.165) is 25.4 Å². The zero-order chi connectivity index (χ0) is 14.4. The van der Waals surface area contributed by atoms with E-state index in [9.17, 15) is 8.42 Å². The molecule has 1 saturated heterocycles. The molecule has 6 heteroatoms. The summed E-state index contributed by atoms with van der Waals surface area (Å²) in [5.41, 5.74) is 0. The summed E-state index contributed by atoms with van der Waals surface area (Å²) in [5, 5.41) is 0. The molecule has 1 aliphatic rings. The molecule has 1 N–H and O–H groups in total. The molecule has 0 amide bonds. The minimum atomic E-state index is -3.06. The van der Waals surface area contributed by atoms with Crippen LogP contribution in [0.15, 0.2) is 35.2 Å². The van der Waals surface area contributed by atoms with Gasteiger partial charge in [0.1, 0.15) is 0 Å². The number of sulfonamides is 1. The zero-order valence-electron chi connectivity index (χ0n) is 11.8. The summed E-state index contributed by atoms with van der Waals surface area (Å²) in [6.45, 7) is 3.47. The smallest absolute Gasteiger partial charge is 0.208 e. The van der Waals surface area contributed by atoms with Crippen molar-refractivity contribution in [3.8, 4) is 0 Å². The molecule has 20 heavy (non-hydrogen) atoms. The molecule has 2 rings (SSSR count). The van der Waals surface area contributed by atoms with Gasteiger partial charge in [0.25, 0.3) is 0 Å². The summed E-state index contributed by atoms with van der Waals surface area (Å²) >= 11 is 1.91. The van der Waals surface area contributed by atoms with E-state index in [1.54, 1.807) is 0 Å². The van der Waals surface area contributed by atoms with Crippen LogP contribution in [0, 0.1) is 5.92 Å². The molecule has 0 radical (unpaired) electrons. The molecule has 1 aromatic carbocycles. The van der Waals surface area contributed by atoms with E-state index < -0.39 is 10.0 Å². The van der Waals surface area contributed by atoms with Crippen molar-refractivity contribution in [2.75, 3.05) is 38.2 Å². The zero-order valence-corrected chi connectivity index (χ0v) is 13.4. The molecule has 1 heterocycles. The Kier molecular flexibility index (Phi) is 5.89. The fraction of sp³-hybridized carbons (Fsp3) is 0.571. The summed E-state index contributed by atoms with van der Waals surface area (Å²) in [7, 11) is -3.06. The van der Waals surface area contributed by atoms with E-state index in [-0.39, 0.29) is 0 Å². The molecule has 112 valence electrons. The molecule has 0 aromatic heterocycles. The monoisotopic (exact) mass is 314 g/mol. The number of likely N-dealkylation sites (tertiary alicyclic amines) is 1. The number of nitrogens with zero attached hydrogens (tertiary/aromatic N) is 1. The third kappa shape index (κ3) is 5.83. The predicted molar refractivity (Wildman–Crippen MR) is 84.6 cm³/mol. The largest absolute Gasteiger partial charge is 0.302 e. The van der Waals surface area contributed by atoms with E-state index in [1.165, 1.54) is 17.6 Å². The van der Waals surface area contributed by atoms with Crippen LogP contribution in [0.5, 0.6) is 0 Å². The van der Waals surface area contributed by atoms with Gasteiger partial charge in [0.05, 0.1) is 6.26 Å². The second-order valence-corrected chi connectivity index (χ2v) is 8.17. The van der Waals surface area contributed by atoms with Gasteiger partial charge in [-0.25, -0.2) is 13.1 Å². The SMILES string of the molecule is CS(=O)(=O)NCCN1CC[C@@H](CSc2ccccc2)C1. The third-order valence-corrected chi connectivity index (χ3v) is 5.36. The number of rotatable bonds is 7. The highest BCUT2D eigenvalue weighted by atomic mass is 32.2. The molecule has 1 aliphatic heterocycles. The molecular formula is C14H22N2O2S2. The highest BCUT2D eigenvalue weighted by Gasteiger charge is 2.22. The van der Waals surface area contributed by atoms with Gasteiger partial charge in [-0.15, -0.1) is 11.8 Å². The van der Waals surface area contributed by atoms with Crippen LogP contribution in [0.4, 0.5) is 0 Å². The van der Waals surface area contributed by atoms with Crippen LogP contribution < -0.4 is 4.72 Å². The normalized spacial score (nSPS) is 20.4. The summed E-state index contributed by atoms with van der Waals surface area (Å²) in [5.74, 6) is 1.85. The van der Waals surface area contributed by atoms with Crippen molar-refractivity contribution in [3.05, 3.63) is 30.3 Å². The number of thioether (sulfide) groups is 1. The van der Waals surface area contributed by atoms with Crippen molar-refractivity contribution in [3.63, 3.8) is 0 Å². The van der Waals surface area contributed by atoms with Crippen LogP contribution in [0.25, 0.3) is 0 Å². The van der Waals surface area contributed by atoms with Gasteiger partial charge in [0, 0.05) is 30.3 Å². The number of hydrogen-bond donors (Lipinski definition) is 1. The standard InChI is InChI=1S/C14H22N2O2S2/c1-20(17,18)15-8-10-16-9-7-13(11-16)12-19-14-5-3-2-4-6-14/h2-6,13,15H,7-12H2,1H3/t13-/m1/s1. The van der Waals surface area contributed by atoms with Crippen molar-refractivity contribution < 1.29 is 8.42 Å². The van der Waals surface area contributed by atoms with Gasteiger partial charge < -0.3 is 4.90 Å². The fourth-order valence-electron chi connectivity index (χ4n) is 2.37. The predicted octanol–water partition coefficient (Wildman–Crippen LogP) is 1.65. The van der Waals surface area contributed by atoms with Crippen molar-refractivity contribution in [2.45, 2.75) is 11.3 Å². The number of benzene rings is 1. The Hall–Kier alpha value is -0.560. The van der Waals surface area contributed by atoms with Crippen molar-refractivity contribution in [2.24, 2.45) is 5.92 Å². The second-order valence-electron chi connectivity index (χ2n) is 5.25. The summed E-state index contributed by atoms with van der Waals surface area (Å²) in [6, 6.07) is 10.5. The van der Waals surface area contributed by atoms with E-state index in [4.69, 9.17) is 0 Å². The van der Waals surface area contributed by atoms with E-state index in [2.05, 4.69) is 33.9 Å². The van der Waals surface area contributed by atoms with Crippen LogP contribution in [-0.4, -0.2) is 51.5 Å². The van der Waals surface area contributed by atoms with Gasteiger partial charge in [-0.05, 0) is 31.0 Å². The molecule has 1 fully saturated rings. The molecule has 0 saturated carbocycles. The lowest BCUT2D eigenvalue weighted by molar-refractivity contribution is 0.334. The van der Waals surface area contributed by atoms with Crippen LogP contribution in [0.3, 0.4) is 0 Å². The molecule has 1 atom stereocenters. The molecular weight excluding hydrogens is 292 g/mol. The van der Waals surface area contributed by atoms with Gasteiger partial charge in [-0.3, -0.25) is 0 Å². The van der Waals surface area contributed by atoms with Gasteiger partial charge in [-0.2, -0.15) is 0 Å². The van der Waals surface area contributed by atoms with E-state index >= 15 is 0 Å². The minimum Gasteiger partial charge on any atom is -0.302 e. The molecule has 0 unspecified atom stereocenters. The minimum absolute atomic E-state index is 0.511. The maximum atomic E-state index is 11.0. The summed E-state index contributed by atoms with van der Waals surface area (Å²) in [4.78, 5) is 3.67. The van der Waals surface area contributed by atoms with Gasteiger partial charge >= 0.3 is 0 Å². The Balaban J connectivity index is 1.65. The van der Waals surface area contributed by atoms with Gasteiger partial charge in [-0.1, -0.05) is 18.2 Å². The fourth-order valence-corrected chi connectivity index (χ4v) is 3.88. The third-order valence-electron chi connectivity index (χ3n) is 3.39. The first kappa shape index (κ1) is 15.8. The maximum absolute atomic E-state index is 11.0. The summed E-state index contributed by atoms with van der Waals surface area (Å²) in [6.07, 6.45) is 2.41. The molecule has 0 aliphatic carbocycles. The van der Waals surface area contributed by atoms with Gasteiger partial charge in [0.15, 0.2) is 0 Å². The quantitative estimate of drug-likeness (QED) is 0.778. The lowest BCUT2D eigenvalue weighted by Gasteiger charge is -2.15. The topological polar surface area (TPSA) is 49.4 Å². The number of hydrogen-bond acceptors (Lipinski definition) is 4. The first-order valence-corrected chi connectivity index (χ1v) is 9.75. The second kappa shape index (κ2) is 7.45. The average molecular weight is 314 g/mol. The van der Waals surface area contributed by atoms with Crippen molar-refractivity contribution in [1.29, 1.82) is 0 Å². The Morgan fingerprint density at radius 2 is 2.10 bits per heavy atom. The first-order valence-electron chi connectivity index (χ1n) is 6.88. The highest BCUT2D eigenvalue weighted by molar-refractivity contribution is 7.99. The molecule has 0 bridgehead atoms. The van der Waals surface area contributed by atoms with E-state index in [0.29, 0.717) is 12.5 Å². The Labute approximate surface area is 126 Å². The van der Waals surface area contributed by atoms with Crippen LogP contribution in [-0.2, 0) is 10.0 Å². The highest BCUT2D eigenvalue weighted by Crippen LogP contribution is 2.25. The maximum Gasteiger partial charge on any atom is 0.208 e. The lowest BCUT2D eigenvalue weighted by Crippen LogP contribution is -2.33. The molecule has 4 nitrogen and oxygen atoms in total. The average Bonchev–Trinajstić information content (AvgIpc) is 2.84. The van der Waals surface area contributed by atoms with Crippen LogP contribution in [0.1, 0.15) is 6.42 Å². The summed E-state index contributed by atoms with van der Waals surface area (Å²) < 4.78 is 24.5. The molecule has 1 aromatic rings. The van der Waals surface area contributed by atoms with Crippen LogP contribution in [0.2, 0.25) is 0 Å². The Morgan fingerprint density at radius 1 is 1.35 bits per heavy atom. The Morgan fingerprint density at radius 3 is 2.80 bits per heavy atom. The Bertz CT molecular complexity index is 505. The first-order chi connectivity index (χ1) is 9.53. The number of nitrogens with one attached hydrogen (secondary N) is 1. The lowest BCUT2D eigenvalue weighted by atomic mass is 10.2. The van der Waals surface area contributed by atoms with Crippen molar-refractivity contribution >= 4 is 21.8 Å². The van der Waals surface area contributed by atoms with E-state index in [1.807, 2.05) is 17.8 Å². The molecule has 0 spiro atoms. The van der Waals surface area contributed by atoms with Crippen molar-refractivity contribution in [1.82, 2.24) is 9.62 Å². The van der Waals surface area contributed by atoms with Crippen LogP contribution >= 0.6 is 11.8 Å².